The van der Waals surface area contributed by atoms with E-state index in [9.17, 15) is 5.21 Å². The predicted octanol–water partition coefficient (Wildman–Crippen LogP) is 14.0. The molecule has 0 amide bonds. The van der Waals surface area contributed by atoms with Crippen LogP contribution < -0.4 is 15.4 Å². The molecule has 1 atom stereocenters. The minimum Gasteiger partial charge on any atom is -0.629 e. The lowest BCUT2D eigenvalue weighted by molar-refractivity contribution is -0.806. The van der Waals surface area contributed by atoms with Crippen LogP contribution >= 0.6 is 110 Å². The Morgan fingerprint density at radius 1 is 0.600 bits per heavy atom. The first kappa shape index (κ1) is 46.3. The number of nitrogens with two attached hydrogens (primary N) is 1. The molecule has 0 saturated carbocycles. The second-order valence-electron chi connectivity index (χ2n) is 13.9. The Morgan fingerprint density at radius 2 is 1.12 bits per heavy atom. The van der Waals surface area contributed by atoms with E-state index < -0.39 is 0 Å². The van der Waals surface area contributed by atoms with E-state index in [2.05, 4.69) is 90.8 Å². The Labute approximate surface area is 401 Å². The number of aromatic nitrogens is 4. The van der Waals surface area contributed by atoms with Gasteiger partial charge in [0, 0.05) is 65.6 Å². The molecule has 7 nitrogen and oxygen atoms in total. The van der Waals surface area contributed by atoms with Gasteiger partial charge in [-0.2, -0.15) is 0 Å². The topological polar surface area (TPSA) is 96.1 Å². The summed E-state index contributed by atoms with van der Waals surface area (Å²) in [6.07, 6.45) is 12.6. The molecular weight excluding hydrogens is 1100 g/mol. The van der Waals surface area contributed by atoms with Crippen molar-refractivity contribution in [2.75, 3.05) is 5.73 Å². The first-order valence-electron chi connectivity index (χ1n) is 18.1. The summed E-state index contributed by atoms with van der Waals surface area (Å²) in [6, 6.07) is 21.9. The number of hydroxylamine groups is 2. The number of nitrogen functional groups attached to an aromatic ring is 1. The Morgan fingerprint density at radius 3 is 1.77 bits per heavy atom. The highest BCUT2D eigenvalue weighted by atomic mass is 79.9. The number of fused-ring (bicyclic) bond motifs is 4. The fourth-order valence-electron chi connectivity index (χ4n) is 6.53. The maximum Gasteiger partial charge on any atom is 0.336 e. The highest BCUT2D eigenvalue weighted by Gasteiger charge is 2.20. The average Bonchev–Trinajstić information content (AvgIpc) is 3.18. The molecule has 306 valence electrons. The lowest BCUT2D eigenvalue weighted by Gasteiger charge is -2.25. The molecule has 1 unspecified atom stereocenters. The Hall–Kier alpha value is -3.20. The van der Waals surface area contributed by atoms with Gasteiger partial charge in [0.15, 0.2) is 6.20 Å². The quantitative estimate of drug-likeness (QED) is 0.126. The number of nitrogens with zero attached hydrogens (tertiary/aromatic N) is 4. The van der Waals surface area contributed by atoms with Crippen molar-refractivity contribution >= 4 is 153 Å². The summed E-state index contributed by atoms with van der Waals surface area (Å²) in [7, 11) is 0. The van der Waals surface area contributed by atoms with Gasteiger partial charge in [0.05, 0.1) is 46.8 Å². The third-order valence-electron chi connectivity index (χ3n) is 9.20. The fraction of sp³-hybridized carbons (Fsp3) is 0.111. The molecule has 4 aromatic heterocycles. The summed E-state index contributed by atoms with van der Waals surface area (Å²) < 4.78 is 5.64. The molecule has 0 saturated heterocycles. The lowest BCUT2D eigenvalue weighted by Crippen LogP contribution is -3.01. The van der Waals surface area contributed by atoms with E-state index in [0.717, 1.165) is 99.5 Å². The maximum atomic E-state index is 11.3. The number of quaternary nitrogens is 1. The molecule has 0 bridgehead atoms. The first-order chi connectivity index (χ1) is 28.5. The molecule has 0 radical (unpaired) electrons. The standard InChI is InChI=1S/C15H11BrClN2.C10H8BrClN2.C10H9BrClNO.C10H7BrClN/c1-10-7-11-12(16)9-18-15(14(11)13(17)8-10)19-5-3-2-4-6-19;1-5-2-6-7(11)4-14-10(13)9(6)8(12)3-5;1-6-2-7-8(10(12)3-6)4-13(14)5-9(7)11;1-6-2-7-8(10(12)3-6)4-13-5-9(7)11/h2-9H,1H3;2-4H,1H3,(H2,13,14);2-3,5,13H,4H2,1H3;2-5H,1H3/q+1;;;. The SMILES string of the molecule is Cc1cc(Cl)c2c(-[n+]3ccccc3)ncc(Br)c2c1.Cc1cc(Cl)c2c(N)ncc(Br)c2c1.Cc1cc(Cl)c2c(c1)C(Br)=C[NH+]([O-])C2.Cc1cc(Cl)c2cncc(Br)c2c1. The summed E-state index contributed by atoms with van der Waals surface area (Å²) in [5.41, 5.74) is 12.2. The predicted molar refractivity (Wildman–Crippen MR) is 265 cm³/mol. The zero-order valence-electron chi connectivity index (χ0n) is 32.4. The molecule has 8 aromatic rings. The first-order valence-corrected chi connectivity index (χ1v) is 22.8. The molecule has 0 spiro atoms. The third-order valence-corrected chi connectivity index (χ3v) is 13.0. The highest BCUT2D eigenvalue weighted by molar-refractivity contribution is 9.15. The maximum absolute atomic E-state index is 11.3. The van der Waals surface area contributed by atoms with E-state index in [1.807, 2.05) is 105 Å². The minimum atomic E-state index is 0.0927. The van der Waals surface area contributed by atoms with Gasteiger partial charge >= 0.3 is 5.82 Å². The molecule has 15 heteroatoms. The smallest absolute Gasteiger partial charge is 0.336 e. The number of pyridine rings is 4. The second kappa shape index (κ2) is 20.3. The molecule has 0 fully saturated rings. The van der Waals surface area contributed by atoms with Crippen LogP contribution in [0, 0.1) is 32.9 Å². The molecule has 9 rings (SSSR count). The van der Waals surface area contributed by atoms with Crippen molar-refractivity contribution in [1.82, 2.24) is 15.0 Å². The lowest BCUT2D eigenvalue weighted by atomic mass is 10.0. The van der Waals surface area contributed by atoms with Gasteiger partial charge in [-0.15, -0.1) is 0 Å². The number of aryl methyl sites for hydroxylation is 4. The van der Waals surface area contributed by atoms with Crippen molar-refractivity contribution in [2.24, 2.45) is 0 Å². The Kier molecular flexibility index (Phi) is 15.7. The molecule has 0 aliphatic carbocycles. The van der Waals surface area contributed by atoms with Gasteiger partial charge in [-0.25, -0.2) is 9.55 Å². The normalized spacial score (nSPS) is 13.0. The number of nitrogens with one attached hydrogen (secondary N) is 1. The molecule has 5 heterocycles. The summed E-state index contributed by atoms with van der Waals surface area (Å²) in [5, 5.41) is 20.1. The van der Waals surface area contributed by atoms with Crippen molar-refractivity contribution in [3.05, 3.63) is 182 Å². The number of rotatable bonds is 1. The van der Waals surface area contributed by atoms with Gasteiger partial charge in [0.2, 0.25) is 0 Å². The third kappa shape index (κ3) is 10.9. The Bertz CT molecular complexity index is 2940. The van der Waals surface area contributed by atoms with Gasteiger partial charge in [-0.1, -0.05) is 70.7 Å². The average molecular weight is 1140 g/mol. The van der Waals surface area contributed by atoms with E-state index in [1.54, 1.807) is 24.8 Å². The van der Waals surface area contributed by atoms with Crippen molar-refractivity contribution in [2.45, 2.75) is 34.2 Å². The number of hydrogen-bond donors (Lipinski definition) is 2. The van der Waals surface area contributed by atoms with Gasteiger partial charge in [-0.05, 0) is 161 Å². The fourth-order valence-corrected chi connectivity index (χ4v) is 9.81. The van der Waals surface area contributed by atoms with Crippen LogP contribution in [0.3, 0.4) is 0 Å². The number of benzene rings is 4. The van der Waals surface area contributed by atoms with Crippen molar-refractivity contribution in [3.8, 4) is 5.82 Å². The van der Waals surface area contributed by atoms with Crippen molar-refractivity contribution in [3.63, 3.8) is 0 Å². The number of hydrogen-bond acceptors (Lipinski definition) is 5. The zero-order valence-corrected chi connectivity index (χ0v) is 41.8. The van der Waals surface area contributed by atoms with E-state index >= 15 is 0 Å². The van der Waals surface area contributed by atoms with Gasteiger partial charge in [0.25, 0.3) is 0 Å². The molecule has 4 aromatic carbocycles. The van der Waals surface area contributed by atoms with Crippen LogP contribution in [-0.4, -0.2) is 15.0 Å². The van der Waals surface area contributed by atoms with Gasteiger partial charge in [0.1, 0.15) is 18.6 Å². The zero-order chi connectivity index (χ0) is 43.4. The number of anilines is 1. The van der Waals surface area contributed by atoms with E-state index in [1.165, 1.54) is 0 Å². The van der Waals surface area contributed by atoms with Crippen LogP contribution in [0.4, 0.5) is 5.82 Å². The second-order valence-corrected chi connectivity index (χ2v) is 19.0. The van der Waals surface area contributed by atoms with Crippen LogP contribution in [0.25, 0.3) is 42.6 Å². The van der Waals surface area contributed by atoms with Crippen LogP contribution in [0.15, 0.2) is 124 Å². The van der Waals surface area contributed by atoms with Gasteiger partial charge < -0.3 is 16.0 Å². The van der Waals surface area contributed by atoms with Crippen LogP contribution in [0.1, 0.15) is 33.4 Å². The molecular formula is C45H35Br4Cl4N6O+. The van der Waals surface area contributed by atoms with Gasteiger partial charge in [-0.3, -0.25) is 4.98 Å². The molecule has 1 aliphatic heterocycles. The van der Waals surface area contributed by atoms with Crippen LogP contribution in [0.5, 0.6) is 0 Å². The molecule has 3 N–H and O–H groups in total. The van der Waals surface area contributed by atoms with E-state index in [4.69, 9.17) is 52.1 Å². The van der Waals surface area contributed by atoms with Crippen molar-refractivity contribution in [1.29, 1.82) is 0 Å². The Balaban J connectivity index is 0.000000136. The van der Waals surface area contributed by atoms with Crippen molar-refractivity contribution < 1.29 is 9.63 Å². The van der Waals surface area contributed by atoms with E-state index in [-0.39, 0.29) is 5.06 Å². The summed E-state index contributed by atoms with van der Waals surface area (Å²) >= 11 is 38.5. The largest absolute Gasteiger partial charge is 0.629 e. The molecule has 60 heavy (non-hydrogen) atoms. The highest BCUT2D eigenvalue weighted by Crippen LogP contribution is 2.35. The summed E-state index contributed by atoms with van der Waals surface area (Å²) in [5.74, 6) is 1.30. The van der Waals surface area contributed by atoms with Crippen LogP contribution in [0.2, 0.25) is 20.1 Å². The van der Waals surface area contributed by atoms with E-state index in [0.29, 0.717) is 22.4 Å². The molecule has 1 aliphatic rings. The van der Waals surface area contributed by atoms with Crippen LogP contribution in [-0.2, 0) is 6.54 Å². The number of halogens is 8. The monoisotopic (exact) mass is 1130 g/mol. The summed E-state index contributed by atoms with van der Waals surface area (Å²) in [6.45, 7) is 8.45. The minimum absolute atomic E-state index is 0.0927. The summed E-state index contributed by atoms with van der Waals surface area (Å²) in [4.78, 5) is 12.6.